The van der Waals surface area contributed by atoms with Crippen LogP contribution in [0, 0.1) is 6.92 Å². The normalized spacial score (nSPS) is 15.6. The zero-order chi connectivity index (χ0) is 18.2. The zero-order valence-electron chi connectivity index (χ0n) is 15.3. The van der Waals surface area contributed by atoms with E-state index in [4.69, 9.17) is 14.5 Å². The molecule has 0 bridgehead atoms. The van der Waals surface area contributed by atoms with Gasteiger partial charge in [-0.05, 0) is 36.6 Å². The summed E-state index contributed by atoms with van der Waals surface area (Å²) in [4.78, 5) is 11.9. The first-order valence-electron chi connectivity index (χ1n) is 9.27. The third-order valence-electron chi connectivity index (χ3n) is 5.18. The van der Waals surface area contributed by atoms with Crippen LogP contribution in [0.2, 0.25) is 0 Å². The minimum absolute atomic E-state index is 0.314. The minimum atomic E-state index is 0.314. The maximum atomic E-state index is 5.50. The van der Waals surface area contributed by atoms with Gasteiger partial charge in [0, 0.05) is 31.4 Å². The average Bonchev–Trinajstić information content (AvgIpc) is 3.16. The lowest BCUT2D eigenvalue weighted by Crippen LogP contribution is -2.31. The number of hydrogen-bond donors (Lipinski definition) is 0. The quantitative estimate of drug-likeness (QED) is 0.713. The maximum Gasteiger partial charge on any atom is 0.231 e. The van der Waals surface area contributed by atoms with Gasteiger partial charge < -0.3 is 9.47 Å². The third kappa shape index (κ3) is 3.26. The Hall–Kier alpha value is -2.92. The van der Waals surface area contributed by atoms with Crippen LogP contribution in [-0.2, 0) is 19.5 Å². The summed E-state index contributed by atoms with van der Waals surface area (Å²) in [6.07, 6.45) is 2.98. The second-order valence-corrected chi connectivity index (χ2v) is 7.18. The van der Waals surface area contributed by atoms with Crippen LogP contribution in [0.25, 0.3) is 11.4 Å². The molecule has 0 N–H and O–H groups in total. The van der Waals surface area contributed by atoms with Gasteiger partial charge in [0.15, 0.2) is 17.3 Å². The van der Waals surface area contributed by atoms with Gasteiger partial charge in [0.25, 0.3) is 0 Å². The molecule has 0 fully saturated rings. The summed E-state index contributed by atoms with van der Waals surface area (Å²) in [7, 11) is 0. The van der Waals surface area contributed by atoms with Gasteiger partial charge in [0.05, 0.1) is 5.69 Å². The Balaban J connectivity index is 1.35. The molecule has 2 aliphatic rings. The number of ether oxygens (including phenoxy) is 2. The highest BCUT2D eigenvalue weighted by Crippen LogP contribution is 2.33. The number of aromatic nitrogens is 2. The van der Waals surface area contributed by atoms with Gasteiger partial charge in [-0.1, -0.05) is 35.9 Å². The molecule has 2 aliphatic heterocycles. The van der Waals surface area contributed by atoms with Crippen molar-refractivity contribution in [1.29, 1.82) is 0 Å². The van der Waals surface area contributed by atoms with Crippen molar-refractivity contribution < 1.29 is 9.47 Å². The summed E-state index contributed by atoms with van der Waals surface area (Å²) in [6, 6.07) is 14.6. The Bertz CT molecular complexity index is 985. The molecular weight excluding hydrogens is 338 g/mol. The average molecular weight is 359 g/mol. The van der Waals surface area contributed by atoms with E-state index in [9.17, 15) is 0 Å². The summed E-state index contributed by atoms with van der Waals surface area (Å²) in [5.74, 6) is 2.48. The van der Waals surface area contributed by atoms with Crippen LogP contribution in [0.3, 0.4) is 0 Å². The van der Waals surface area contributed by atoms with Gasteiger partial charge in [-0.3, -0.25) is 4.90 Å². The van der Waals surface area contributed by atoms with Gasteiger partial charge in [-0.25, -0.2) is 9.97 Å². The number of fused-ring (bicyclic) bond motifs is 2. The molecule has 3 aromatic rings. The van der Waals surface area contributed by atoms with Crippen LogP contribution in [-0.4, -0.2) is 28.2 Å². The second-order valence-electron chi connectivity index (χ2n) is 7.18. The van der Waals surface area contributed by atoms with Crippen molar-refractivity contribution in [1.82, 2.24) is 14.9 Å². The van der Waals surface area contributed by atoms with Crippen molar-refractivity contribution in [2.75, 3.05) is 13.3 Å². The van der Waals surface area contributed by atoms with Crippen molar-refractivity contribution in [3.8, 4) is 22.9 Å². The van der Waals surface area contributed by atoms with Crippen molar-refractivity contribution in [3.63, 3.8) is 0 Å². The second kappa shape index (κ2) is 6.67. The van der Waals surface area contributed by atoms with Gasteiger partial charge in [-0.15, -0.1) is 0 Å². The van der Waals surface area contributed by atoms with E-state index in [1.54, 1.807) is 0 Å². The molecule has 0 radical (unpaired) electrons. The number of rotatable bonds is 3. The summed E-state index contributed by atoms with van der Waals surface area (Å²) in [6.45, 7) is 5.12. The van der Waals surface area contributed by atoms with Crippen LogP contribution in [0.15, 0.2) is 48.7 Å². The van der Waals surface area contributed by atoms with Crippen molar-refractivity contribution in [3.05, 3.63) is 71.0 Å². The standard InChI is InChI=1S/C22H21N3O2/c1-15-2-5-17(6-3-15)22-23-11-18-8-9-25(13-19(18)24-22)12-16-4-7-20-21(10-16)27-14-26-20/h2-7,10-11H,8-9,12-14H2,1H3. The molecule has 1 aromatic heterocycles. The predicted molar refractivity (Wildman–Crippen MR) is 103 cm³/mol. The smallest absolute Gasteiger partial charge is 0.231 e. The van der Waals surface area contributed by atoms with E-state index in [0.29, 0.717) is 6.79 Å². The molecule has 5 nitrogen and oxygen atoms in total. The zero-order valence-corrected chi connectivity index (χ0v) is 15.3. The molecule has 136 valence electrons. The van der Waals surface area contributed by atoms with Crippen molar-refractivity contribution in [2.45, 2.75) is 26.4 Å². The van der Waals surface area contributed by atoms with Crippen LogP contribution in [0.4, 0.5) is 0 Å². The van der Waals surface area contributed by atoms with E-state index in [2.05, 4.69) is 53.2 Å². The van der Waals surface area contributed by atoms with Crippen molar-refractivity contribution in [2.24, 2.45) is 0 Å². The summed E-state index contributed by atoms with van der Waals surface area (Å²) in [5, 5.41) is 0. The molecule has 5 rings (SSSR count). The van der Waals surface area contributed by atoms with E-state index >= 15 is 0 Å². The molecule has 3 heterocycles. The number of nitrogens with zero attached hydrogens (tertiary/aromatic N) is 3. The van der Waals surface area contributed by atoms with E-state index in [-0.39, 0.29) is 0 Å². The van der Waals surface area contributed by atoms with Crippen molar-refractivity contribution >= 4 is 0 Å². The number of benzene rings is 2. The molecule has 0 aliphatic carbocycles. The molecule has 0 saturated heterocycles. The molecule has 27 heavy (non-hydrogen) atoms. The third-order valence-corrected chi connectivity index (χ3v) is 5.18. The van der Waals surface area contributed by atoms with Crippen LogP contribution in [0.1, 0.15) is 22.4 Å². The van der Waals surface area contributed by atoms with E-state index in [0.717, 1.165) is 54.6 Å². The molecule has 0 unspecified atom stereocenters. The highest BCUT2D eigenvalue weighted by atomic mass is 16.7. The fraction of sp³-hybridized carbons (Fsp3) is 0.273. The Morgan fingerprint density at radius 2 is 1.89 bits per heavy atom. The van der Waals surface area contributed by atoms with Crippen LogP contribution >= 0.6 is 0 Å². The first-order valence-corrected chi connectivity index (χ1v) is 9.27. The fourth-order valence-corrected chi connectivity index (χ4v) is 3.63. The minimum Gasteiger partial charge on any atom is -0.454 e. The fourth-order valence-electron chi connectivity index (χ4n) is 3.63. The van der Waals surface area contributed by atoms with Gasteiger partial charge in [0.1, 0.15) is 0 Å². The summed E-state index contributed by atoms with van der Waals surface area (Å²) in [5.41, 5.74) is 5.93. The molecule has 2 aromatic carbocycles. The number of hydrogen-bond acceptors (Lipinski definition) is 5. The largest absolute Gasteiger partial charge is 0.454 e. The molecule has 0 spiro atoms. The highest BCUT2D eigenvalue weighted by Gasteiger charge is 2.20. The lowest BCUT2D eigenvalue weighted by molar-refractivity contribution is 0.174. The van der Waals surface area contributed by atoms with E-state index in [1.165, 1.54) is 16.7 Å². The lowest BCUT2D eigenvalue weighted by Gasteiger charge is -2.28. The first-order chi connectivity index (χ1) is 13.2. The van der Waals surface area contributed by atoms with Crippen LogP contribution in [0.5, 0.6) is 11.5 Å². The highest BCUT2D eigenvalue weighted by molar-refractivity contribution is 5.55. The molecular formula is C22H21N3O2. The van der Waals surface area contributed by atoms with E-state index in [1.807, 2.05) is 12.3 Å². The maximum absolute atomic E-state index is 5.50. The monoisotopic (exact) mass is 359 g/mol. The lowest BCUT2D eigenvalue weighted by atomic mass is 10.0. The summed E-state index contributed by atoms with van der Waals surface area (Å²) >= 11 is 0. The Labute approximate surface area is 158 Å². The molecule has 0 atom stereocenters. The Morgan fingerprint density at radius 3 is 2.78 bits per heavy atom. The number of aryl methyl sites for hydroxylation is 1. The van der Waals surface area contributed by atoms with Crippen LogP contribution < -0.4 is 9.47 Å². The van der Waals surface area contributed by atoms with E-state index < -0.39 is 0 Å². The topological polar surface area (TPSA) is 47.5 Å². The van der Waals surface area contributed by atoms with Gasteiger partial charge >= 0.3 is 0 Å². The Morgan fingerprint density at radius 1 is 1.04 bits per heavy atom. The Kier molecular flexibility index (Phi) is 4.02. The molecule has 0 amide bonds. The van der Waals surface area contributed by atoms with Gasteiger partial charge in [-0.2, -0.15) is 0 Å². The predicted octanol–water partition coefficient (Wildman–Crippen LogP) is 3.74. The van der Waals surface area contributed by atoms with Gasteiger partial charge in [0.2, 0.25) is 6.79 Å². The molecule has 0 saturated carbocycles. The molecule has 5 heteroatoms. The first kappa shape index (κ1) is 16.3. The summed E-state index contributed by atoms with van der Waals surface area (Å²) < 4.78 is 10.9. The SMILES string of the molecule is Cc1ccc(-c2ncc3c(n2)CN(Cc2ccc4c(c2)OCO4)CC3)cc1.